The summed E-state index contributed by atoms with van der Waals surface area (Å²) in [6.07, 6.45) is 0. The lowest BCUT2D eigenvalue weighted by atomic mass is 10.4. The SMILES string of the molecule is CCOC(=O)CSC[C@H](N)C(=O)OCC.Cl. The van der Waals surface area contributed by atoms with Crippen molar-refractivity contribution in [3.05, 3.63) is 0 Å². The number of carbonyl (C=O) groups is 2. The van der Waals surface area contributed by atoms with Crippen LogP contribution in [0.4, 0.5) is 0 Å². The van der Waals surface area contributed by atoms with E-state index in [0.717, 1.165) is 0 Å². The molecule has 0 aliphatic heterocycles. The Morgan fingerprint density at radius 1 is 1.25 bits per heavy atom. The summed E-state index contributed by atoms with van der Waals surface area (Å²) in [6, 6.07) is -0.677. The Morgan fingerprint density at radius 3 is 2.31 bits per heavy atom. The Balaban J connectivity index is 0. The molecule has 16 heavy (non-hydrogen) atoms. The van der Waals surface area contributed by atoms with E-state index < -0.39 is 12.0 Å². The first kappa shape index (κ1) is 17.9. The number of esters is 2. The molecule has 0 radical (unpaired) electrons. The van der Waals surface area contributed by atoms with Crippen LogP contribution in [-0.2, 0) is 19.1 Å². The van der Waals surface area contributed by atoms with E-state index in [9.17, 15) is 9.59 Å². The molecular weight excluding hydrogens is 254 g/mol. The molecule has 0 saturated carbocycles. The monoisotopic (exact) mass is 271 g/mol. The highest BCUT2D eigenvalue weighted by Gasteiger charge is 2.15. The second-order valence-electron chi connectivity index (χ2n) is 2.68. The molecule has 0 aliphatic carbocycles. The second kappa shape index (κ2) is 11.0. The molecule has 0 bridgehead atoms. The van der Waals surface area contributed by atoms with Crippen molar-refractivity contribution in [2.75, 3.05) is 24.7 Å². The van der Waals surface area contributed by atoms with Gasteiger partial charge in [0.1, 0.15) is 6.04 Å². The van der Waals surface area contributed by atoms with Crippen molar-refractivity contribution in [1.82, 2.24) is 0 Å². The van der Waals surface area contributed by atoms with Crippen LogP contribution < -0.4 is 5.73 Å². The maximum atomic E-state index is 11.1. The molecule has 0 spiro atoms. The van der Waals surface area contributed by atoms with Gasteiger partial charge >= 0.3 is 11.9 Å². The lowest BCUT2D eigenvalue weighted by Crippen LogP contribution is -2.34. The Labute approximate surface area is 106 Å². The van der Waals surface area contributed by atoms with Crippen molar-refractivity contribution in [3.8, 4) is 0 Å². The van der Waals surface area contributed by atoms with Crippen LogP contribution in [0.2, 0.25) is 0 Å². The fourth-order valence-corrected chi connectivity index (χ4v) is 1.55. The zero-order valence-electron chi connectivity index (χ0n) is 9.43. The van der Waals surface area contributed by atoms with Crippen molar-refractivity contribution in [1.29, 1.82) is 0 Å². The van der Waals surface area contributed by atoms with Gasteiger partial charge in [-0.05, 0) is 13.8 Å². The summed E-state index contributed by atoms with van der Waals surface area (Å²) in [5.41, 5.74) is 5.52. The first-order valence-corrected chi connectivity index (χ1v) is 5.92. The summed E-state index contributed by atoms with van der Waals surface area (Å²) < 4.78 is 9.43. The van der Waals surface area contributed by atoms with Crippen LogP contribution in [0.3, 0.4) is 0 Å². The molecule has 0 unspecified atom stereocenters. The maximum Gasteiger partial charge on any atom is 0.323 e. The normalized spacial score (nSPS) is 11.2. The third-order valence-electron chi connectivity index (χ3n) is 1.41. The second-order valence-corrected chi connectivity index (χ2v) is 3.71. The number of nitrogens with two attached hydrogens (primary N) is 1. The van der Waals surface area contributed by atoms with Crippen LogP contribution in [0.25, 0.3) is 0 Å². The van der Waals surface area contributed by atoms with E-state index in [1.807, 2.05) is 0 Å². The first-order valence-electron chi connectivity index (χ1n) is 4.77. The van der Waals surface area contributed by atoms with Crippen molar-refractivity contribution < 1.29 is 19.1 Å². The van der Waals surface area contributed by atoms with Gasteiger partial charge in [0.2, 0.25) is 0 Å². The molecule has 1 atom stereocenters. The largest absolute Gasteiger partial charge is 0.465 e. The molecule has 0 aromatic carbocycles. The van der Waals surface area contributed by atoms with Gasteiger partial charge in [-0.2, -0.15) is 0 Å². The zero-order chi connectivity index (χ0) is 11.7. The molecule has 0 fully saturated rings. The van der Waals surface area contributed by atoms with Crippen molar-refractivity contribution in [2.45, 2.75) is 19.9 Å². The predicted octanol–water partition coefficient (Wildman–Crippen LogP) is 0.595. The summed E-state index contributed by atoms with van der Waals surface area (Å²) in [6.45, 7) is 4.14. The van der Waals surface area contributed by atoms with Crippen molar-refractivity contribution in [2.24, 2.45) is 5.73 Å². The number of thioether (sulfide) groups is 1. The van der Waals surface area contributed by atoms with Crippen molar-refractivity contribution in [3.63, 3.8) is 0 Å². The summed E-state index contributed by atoms with van der Waals surface area (Å²) in [7, 11) is 0. The number of halogens is 1. The average molecular weight is 272 g/mol. The van der Waals surface area contributed by atoms with E-state index in [2.05, 4.69) is 0 Å². The lowest BCUT2D eigenvalue weighted by Gasteiger charge is -2.09. The van der Waals surface area contributed by atoms with E-state index >= 15 is 0 Å². The zero-order valence-corrected chi connectivity index (χ0v) is 11.1. The topological polar surface area (TPSA) is 78.6 Å². The van der Waals surface area contributed by atoms with E-state index in [1.54, 1.807) is 13.8 Å². The Morgan fingerprint density at radius 2 is 1.81 bits per heavy atom. The fourth-order valence-electron chi connectivity index (χ4n) is 0.789. The smallest absolute Gasteiger partial charge is 0.323 e. The molecule has 0 heterocycles. The van der Waals surface area contributed by atoms with Gasteiger partial charge in [-0.3, -0.25) is 9.59 Å². The van der Waals surface area contributed by atoms with Crippen LogP contribution in [0, 0.1) is 0 Å². The minimum atomic E-state index is -0.677. The summed E-state index contributed by atoms with van der Waals surface area (Å²) in [5.74, 6) is -0.161. The molecule has 7 heteroatoms. The fraction of sp³-hybridized carbons (Fsp3) is 0.778. The average Bonchev–Trinajstić information content (AvgIpc) is 2.18. The minimum absolute atomic E-state index is 0. The van der Waals surface area contributed by atoms with Gasteiger partial charge in [0.25, 0.3) is 0 Å². The first-order chi connectivity index (χ1) is 7.11. The molecule has 0 aromatic heterocycles. The molecular formula is C9H18ClNO4S. The third kappa shape index (κ3) is 8.82. The van der Waals surface area contributed by atoms with Crippen LogP contribution in [0.15, 0.2) is 0 Å². The Bertz CT molecular complexity index is 216. The van der Waals surface area contributed by atoms with Crippen LogP contribution in [0.1, 0.15) is 13.8 Å². The Hall–Kier alpha value is -0.460. The van der Waals surface area contributed by atoms with E-state index in [4.69, 9.17) is 15.2 Å². The highest BCUT2D eigenvalue weighted by atomic mass is 35.5. The molecule has 0 saturated heterocycles. The number of ether oxygens (including phenoxy) is 2. The molecule has 5 nitrogen and oxygen atoms in total. The molecule has 96 valence electrons. The van der Waals surface area contributed by atoms with Crippen LogP contribution >= 0.6 is 24.2 Å². The molecule has 2 N–H and O–H groups in total. The van der Waals surface area contributed by atoms with Gasteiger partial charge in [0, 0.05) is 5.75 Å². The minimum Gasteiger partial charge on any atom is -0.465 e. The van der Waals surface area contributed by atoms with Gasteiger partial charge in [-0.25, -0.2) is 0 Å². The number of rotatable bonds is 7. The van der Waals surface area contributed by atoms with Gasteiger partial charge < -0.3 is 15.2 Å². The molecule has 0 aliphatic rings. The van der Waals surface area contributed by atoms with Gasteiger partial charge in [-0.1, -0.05) is 0 Å². The standard InChI is InChI=1S/C9H17NO4S.ClH/c1-3-13-8(11)6-15-5-7(10)9(12)14-4-2;/h7H,3-6,10H2,1-2H3;1H/t7-;/m0./s1. The number of hydrogen-bond donors (Lipinski definition) is 1. The lowest BCUT2D eigenvalue weighted by molar-refractivity contribution is -0.144. The summed E-state index contributed by atoms with van der Waals surface area (Å²) in [5, 5.41) is 0. The highest BCUT2D eigenvalue weighted by molar-refractivity contribution is 8.00. The quantitative estimate of drug-likeness (QED) is 0.683. The van der Waals surface area contributed by atoms with E-state index in [1.165, 1.54) is 11.8 Å². The molecule has 0 amide bonds. The predicted molar refractivity (Wildman–Crippen MR) is 65.8 cm³/mol. The third-order valence-corrected chi connectivity index (χ3v) is 2.45. The van der Waals surface area contributed by atoms with Gasteiger partial charge in [-0.15, -0.1) is 24.2 Å². The Kier molecular flexibility index (Phi) is 12.4. The summed E-state index contributed by atoms with van der Waals surface area (Å²) >= 11 is 1.26. The van der Waals surface area contributed by atoms with Crippen LogP contribution in [-0.4, -0.2) is 42.7 Å². The summed E-state index contributed by atoms with van der Waals surface area (Å²) in [4.78, 5) is 22.0. The van der Waals surface area contributed by atoms with Crippen LogP contribution in [0.5, 0.6) is 0 Å². The van der Waals surface area contributed by atoms with Gasteiger partial charge in [0.15, 0.2) is 0 Å². The number of hydrogen-bond acceptors (Lipinski definition) is 6. The highest BCUT2D eigenvalue weighted by Crippen LogP contribution is 2.03. The van der Waals surface area contributed by atoms with E-state index in [-0.39, 0.29) is 24.1 Å². The number of carbonyl (C=O) groups excluding carboxylic acids is 2. The molecule has 0 rings (SSSR count). The van der Waals surface area contributed by atoms with Gasteiger partial charge in [0.05, 0.1) is 19.0 Å². The molecule has 0 aromatic rings. The van der Waals surface area contributed by atoms with E-state index in [0.29, 0.717) is 19.0 Å². The van der Waals surface area contributed by atoms with Crippen molar-refractivity contribution >= 4 is 36.1 Å². The maximum absolute atomic E-state index is 11.1.